The number of aromatic nitrogens is 1. The fourth-order valence-corrected chi connectivity index (χ4v) is 3.78. The van der Waals surface area contributed by atoms with Crippen LogP contribution in [-0.4, -0.2) is 24.5 Å². The maximum absolute atomic E-state index is 4.58. The Bertz CT molecular complexity index is 461. The molecule has 0 aromatic carbocycles. The number of nitrogens with zero attached hydrogens (tertiary/aromatic N) is 2. The molecular formula is C16H28N4S. The largest absolute Gasteiger partial charge is 0.356 e. The first-order valence-electron chi connectivity index (χ1n) is 8.09. The molecule has 0 saturated heterocycles. The Morgan fingerprint density at radius 2 is 2.10 bits per heavy atom. The zero-order chi connectivity index (χ0) is 15.1. The second-order valence-corrected chi connectivity index (χ2v) is 6.87. The molecule has 0 radical (unpaired) electrons. The van der Waals surface area contributed by atoms with E-state index in [0.717, 1.165) is 31.2 Å². The summed E-state index contributed by atoms with van der Waals surface area (Å²) in [6.45, 7) is 6.23. The maximum atomic E-state index is 4.58. The third kappa shape index (κ3) is 4.43. The summed E-state index contributed by atoms with van der Waals surface area (Å²) in [6, 6.07) is 0. The maximum Gasteiger partial charge on any atom is 0.191 e. The number of hydrogen-bond donors (Lipinski definition) is 2. The van der Waals surface area contributed by atoms with Crippen LogP contribution < -0.4 is 10.6 Å². The molecule has 1 aliphatic carbocycles. The standard InChI is InChI=1S/C16H28N4S/c1-4-14-20-13(11-21-14)10-18-15(17-3)19-12-16(5-2)8-6-7-9-16/h11H,4-10,12H2,1-3H3,(H2,17,18,19). The number of aliphatic imine (C=N–C) groups is 1. The highest BCUT2D eigenvalue weighted by Gasteiger charge is 2.31. The molecule has 0 aliphatic heterocycles. The molecular weight excluding hydrogens is 280 g/mol. The molecule has 21 heavy (non-hydrogen) atoms. The monoisotopic (exact) mass is 308 g/mol. The van der Waals surface area contributed by atoms with Crippen LogP contribution in [-0.2, 0) is 13.0 Å². The summed E-state index contributed by atoms with van der Waals surface area (Å²) in [5.41, 5.74) is 1.58. The topological polar surface area (TPSA) is 49.3 Å². The Morgan fingerprint density at radius 3 is 2.67 bits per heavy atom. The van der Waals surface area contributed by atoms with E-state index in [-0.39, 0.29) is 0 Å². The number of thiazole rings is 1. The molecule has 2 rings (SSSR count). The van der Waals surface area contributed by atoms with Gasteiger partial charge in [0.25, 0.3) is 0 Å². The Hall–Kier alpha value is -1.10. The highest BCUT2D eigenvalue weighted by atomic mass is 32.1. The minimum absolute atomic E-state index is 0.480. The lowest BCUT2D eigenvalue weighted by Gasteiger charge is -2.28. The van der Waals surface area contributed by atoms with Crippen molar-refractivity contribution in [1.29, 1.82) is 0 Å². The summed E-state index contributed by atoms with van der Waals surface area (Å²) >= 11 is 1.73. The Morgan fingerprint density at radius 1 is 1.33 bits per heavy atom. The molecule has 1 heterocycles. The predicted molar refractivity (Wildman–Crippen MR) is 90.9 cm³/mol. The SMILES string of the molecule is CCc1nc(CNC(=NC)NCC2(CC)CCCC2)cs1. The van der Waals surface area contributed by atoms with Crippen molar-refractivity contribution in [2.75, 3.05) is 13.6 Å². The molecule has 0 spiro atoms. The van der Waals surface area contributed by atoms with E-state index in [4.69, 9.17) is 0 Å². The highest BCUT2D eigenvalue weighted by molar-refractivity contribution is 7.09. The van der Waals surface area contributed by atoms with Gasteiger partial charge in [0.1, 0.15) is 0 Å². The van der Waals surface area contributed by atoms with Crippen molar-refractivity contribution in [3.63, 3.8) is 0 Å². The van der Waals surface area contributed by atoms with Gasteiger partial charge in [-0.1, -0.05) is 26.7 Å². The van der Waals surface area contributed by atoms with Crippen LogP contribution in [0.3, 0.4) is 0 Å². The van der Waals surface area contributed by atoms with E-state index in [0.29, 0.717) is 5.41 Å². The molecule has 0 amide bonds. The Labute approximate surface area is 132 Å². The summed E-state index contributed by atoms with van der Waals surface area (Å²) in [5, 5.41) is 10.2. The minimum Gasteiger partial charge on any atom is -0.356 e. The van der Waals surface area contributed by atoms with Crippen molar-refractivity contribution in [1.82, 2.24) is 15.6 Å². The zero-order valence-corrected chi connectivity index (χ0v) is 14.4. The molecule has 0 bridgehead atoms. The molecule has 1 aromatic rings. The first-order chi connectivity index (χ1) is 10.2. The van der Waals surface area contributed by atoms with Crippen LogP contribution in [0.4, 0.5) is 0 Å². The second kappa shape index (κ2) is 7.78. The Kier molecular flexibility index (Phi) is 6.03. The van der Waals surface area contributed by atoms with Crippen LogP contribution in [0.25, 0.3) is 0 Å². The summed E-state index contributed by atoms with van der Waals surface area (Å²) in [6.07, 6.45) is 7.71. The third-order valence-electron chi connectivity index (χ3n) is 4.61. The molecule has 0 atom stereocenters. The smallest absolute Gasteiger partial charge is 0.191 e. The van der Waals surface area contributed by atoms with Crippen molar-refractivity contribution in [3.05, 3.63) is 16.1 Å². The quantitative estimate of drug-likeness (QED) is 0.626. The first kappa shape index (κ1) is 16.3. The van der Waals surface area contributed by atoms with E-state index < -0.39 is 0 Å². The fraction of sp³-hybridized carbons (Fsp3) is 0.750. The van der Waals surface area contributed by atoms with E-state index >= 15 is 0 Å². The van der Waals surface area contributed by atoms with E-state index in [1.807, 2.05) is 7.05 Å². The van der Waals surface area contributed by atoms with Gasteiger partial charge in [0, 0.05) is 19.0 Å². The third-order valence-corrected chi connectivity index (χ3v) is 5.65. The van der Waals surface area contributed by atoms with E-state index in [1.165, 1.54) is 37.1 Å². The molecule has 0 unspecified atom stereocenters. The van der Waals surface area contributed by atoms with Gasteiger partial charge in [0.2, 0.25) is 0 Å². The van der Waals surface area contributed by atoms with Crippen LogP contribution in [0, 0.1) is 5.41 Å². The van der Waals surface area contributed by atoms with Gasteiger partial charge in [-0.3, -0.25) is 4.99 Å². The average molecular weight is 308 g/mol. The average Bonchev–Trinajstić information content (AvgIpc) is 3.17. The lowest BCUT2D eigenvalue weighted by atomic mass is 9.83. The number of nitrogens with one attached hydrogen (secondary N) is 2. The highest BCUT2D eigenvalue weighted by Crippen LogP contribution is 2.40. The van der Waals surface area contributed by atoms with E-state index in [1.54, 1.807) is 11.3 Å². The number of aryl methyl sites for hydroxylation is 1. The van der Waals surface area contributed by atoms with Crippen molar-refractivity contribution >= 4 is 17.3 Å². The normalized spacial score (nSPS) is 18.0. The van der Waals surface area contributed by atoms with E-state index in [2.05, 4.69) is 39.8 Å². The van der Waals surface area contributed by atoms with Gasteiger partial charge in [-0.05, 0) is 31.1 Å². The lowest BCUT2D eigenvalue weighted by Crippen LogP contribution is -2.42. The van der Waals surface area contributed by atoms with Gasteiger partial charge in [-0.15, -0.1) is 11.3 Å². The minimum atomic E-state index is 0.480. The van der Waals surface area contributed by atoms with Gasteiger partial charge >= 0.3 is 0 Å². The predicted octanol–water partition coefficient (Wildman–Crippen LogP) is 3.34. The van der Waals surface area contributed by atoms with Crippen LogP contribution in [0.1, 0.15) is 56.7 Å². The van der Waals surface area contributed by atoms with Gasteiger partial charge in [0.15, 0.2) is 5.96 Å². The van der Waals surface area contributed by atoms with E-state index in [9.17, 15) is 0 Å². The van der Waals surface area contributed by atoms with Gasteiger partial charge in [-0.2, -0.15) is 0 Å². The summed E-state index contributed by atoms with van der Waals surface area (Å²) in [4.78, 5) is 8.90. The second-order valence-electron chi connectivity index (χ2n) is 5.93. The summed E-state index contributed by atoms with van der Waals surface area (Å²) in [7, 11) is 1.83. The molecule has 4 nitrogen and oxygen atoms in total. The van der Waals surface area contributed by atoms with Crippen molar-refractivity contribution < 1.29 is 0 Å². The van der Waals surface area contributed by atoms with Crippen LogP contribution in [0.5, 0.6) is 0 Å². The van der Waals surface area contributed by atoms with Gasteiger partial charge in [-0.25, -0.2) is 4.98 Å². The van der Waals surface area contributed by atoms with Gasteiger partial charge < -0.3 is 10.6 Å². The Balaban J connectivity index is 1.80. The fourth-order valence-electron chi connectivity index (χ4n) is 3.04. The lowest BCUT2D eigenvalue weighted by molar-refractivity contribution is 0.283. The van der Waals surface area contributed by atoms with Crippen molar-refractivity contribution in [3.8, 4) is 0 Å². The molecule has 1 aromatic heterocycles. The van der Waals surface area contributed by atoms with Crippen LogP contribution in [0.15, 0.2) is 10.4 Å². The molecule has 1 fully saturated rings. The van der Waals surface area contributed by atoms with Crippen LogP contribution >= 0.6 is 11.3 Å². The number of hydrogen-bond acceptors (Lipinski definition) is 3. The van der Waals surface area contributed by atoms with Crippen molar-refractivity contribution in [2.45, 2.75) is 58.9 Å². The molecule has 1 saturated carbocycles. The van der Waals surface area contributed by atoms with Crippen molar-refractivity contribution in [2.24, 2.45) is 10.4 Å². The molecule has 118 valence electrons. The number of guanidine groups is 1. The molecule has 5 heteroatoms. The van der Waals surface area contributed by atoms with Crippen LogP contribution in [0.2, 0.25) is 0 Å². The number of rotatable bonds is 6. The molecule has 2 N–H and O–H groups in total. The summed E-state index contributed by atoms with van der Waals surface area (Å²) < 4.78 is 0. The first-order valence-corrected chi connectivity index (χ1v) is 8.97. The summed E-state index contributed by atoms with van der Waals surface area (Å²) in [5.74, 6) is 0.890. The molecule has 1 aliphatic rings. The zero-order valence-electron chi connectivity index (χ0n) is 13.5. The van der Waals surface area contributed by atoms with Gasteiger partial charge in [0.05, 0.1) is 17.2 Å².